The number of aromatic nitrogens is 7. The average Bonchev–Trinajstić information content (AvgIpc) is 3.20. The zero-order chi connectivity index (χ0) is 20.8. The molecule has 12 heteroatoms. The summed E-state index contributed by atoms with van der Waals surface area (Å²) < 4.78 is 42.7. The smallest absolute Gasteiger partial charge is 0.372 e. The van der Waals surface area contributed by atoms with Gasteiger partial charge in [0.25, 0.3) is 0 Å². The second-order valence-corrected chi connectivity index (χ2v) is 6.99. The van der Waals surface area contributed by atoms with E-state index in [0.29, 0.717) is 11.4 Å². The van der Waals surface area contributed by atoms with Gasteiger partial charge < -0.3 is 10.6 Å². The number of aryl methyl sites for hydroxylation is 2. The van der Waals surface area contributed by atoms with E-state index in [1.54, 1.807) is 4.68 Å². The third-order valence-electron chi connectivity index (χ3n) is 5.22. The van der Waals surface area contributed by atoms with Crippen molar-refractivity contribution in [3.8, 4) is 0 Å². The first-order valence-electron chi connectivity index (χ1n) is 9.05. The number of nitrogens with zero attached hydrogens (tertiary/aromatic N) is 7. The maximum Gasteiger partial charge on any atom is 0.421 e. The van der Waals surface area contributed by atoms with E-state index < -0.39 is 11.7 Å². The van der Waals surface area contributed by atoms with E-state index in [1.165, 1.54) is 13.4 Å². The molecule has 0 aliphatic heterocycles. The predicted octanol–water partition coefficient (Wildman–Crippen LogP) is 2.84. The lowest BCUT2D eigenvalue weighted by molar-refractivity contribution is -0.137. The van der Waals surface area contributed by atoms with Crippen LogP contribution in [0.4, 0.5) is 30.6 Å². The topological polar surface area (TPSA) is 98.4 Å². The van der Waals surface area contributed by atoms with E-state index in [4.69, 9.17) is 0 Å². The molecule has 0 spiro atoms. The van der Waals surface area contributed by atoms with Crippen LogP contribution in [0.25, 0.3) is 0 Å². The number of halogens is 3. The molecule has 29 heavy (non-hydrogen) atoms. The molecule has 0 atom stereocenters. The summed E-state index contributed by atoms with van der Waals surface area (Å²) in [4.78, 5) is 12.2. The summed E-state index contributed by atoms with van der Waals surface area (Å²) in [6, 6.07) is 0. The van der Waals surface area contributed by atoms with Crippen LogP contribution in [0.15, 0.2) is 18.7 Å². The van der Waals surface area contributed by atoms with Crippen LogP contribution >= 0.6 is 0 Å². The maximum absolute atomic E-state index is 13.0. The molecule has 3 heterocycles. The van der Waals surface area contributed by atoms with Gasteiger partial charge >= 0.3 is 6.18 Å². The first-order chi connectivity index (χ1) is 13.7. The fourth-order valence-electron chi connectivity index (χ4n) is 3.55. The highest BCUT2D eigenvalue weighted by Gasteiger charge is 2.45. The standard InChI is InChI=1S/C17H20F3N9/c1-10-12(25-15-22-7-11(17(18,19)20)13(21-2)26-15)8-29(27-10)16(5-4-6-16)14-23-9-24-28(14)3/h7-9H,4-6H2,1-3H3,(H2,21,22,25,26). The average molecular weight is 407 g/mol. The normalized spacial score (nSPS) is 15.8. The molecule has 4 rings (SSSR count). The van der Waals surface area contributed by atoms with E-state index >= 15 is 0 Å². The van der Waals surface area contributed by atoms with Gasteiger partial charge in [0.15, 0.2) is 5.82 Å². The van der Waals surface area contributed by atoms with Crippen molar-refractivity contribution in [2.75, 3.05) is 17.7 Å². The number of rotatable bonds is 5. The van der Waals surface area contributed by atoms with Crippen molar-refractivity contribution in [1.29, 1.82) is 0 Å². The van der Waals surface area contributed by atoms with Crippen LogP contribution < -0.4 is 10.6 Å². The van der Waals surface area contributed by atoms with Gasteiger partial charge in [0, 0.05) is 26.5 Å². The van der Waals surface area contributed by atoms with E-state index in [0.717, 1.165) is 31.3 Å². The second-order valence-electron chi connectivity index (χ2n) is 6.99. The second kappa shape index (κ2) is 6.71. The van der Waals surface area contributed by atoms with Gasteiger partial charge in [-0.25, -0.2) is 9.97 Å². The van der Waals surface area contributed by atoms with Crippen molar-refractivity contribution in [2.24, 2.45) is 7.05 Å². The van der Waals surface area contributed by atoms with Gasteiger partial charge in [-0.05, 0) is 26.2 Å². The predicted molar refractivity (Wildman–Crippen MR) is 98.8 cm³/mol. The van der Waals surface area contributed by atoms with Gasteiger partial charge in [0.1, 0.15) is 23.2 Å². The summed E-state index contributed by atoms with van der Waals surface area (Å²) in [5.41, 5.74) is -0.0190. The third-order valence-corrected chi connectivity index (χ3v) is 5.22. The van der Waals surface area contributed by atoms with Crippen molar-refractivity contribution in [1.82, 2.24) is 34.5 Å². The number of hydrogen-bond acceptors (Lipinski definition) is 7. The van der Waals surface area contributed by atoms with Crippen molar-refractivity contribution >= 4 is 17.5 Å². The van der Waals surface area contributed by atoms with Gasteiger partial charge in [0.2, 0.25) is 5.95 Å². The first kappa shape index (κ1) is 19.2. The van der Waals surface area contributed by atoms with Crippen LogP contribution in [-0.4, -0.2) is 41.6 Å². The lowest BCUT2D eigenvalue weighted by Crippen LogP contribution is -2.44. The van der Waals surface area contributed by atoms with Gasteiger partial charge in [-0.3, -0.25) is 9.36 Å². The largest absolute Gasteiger partial charge is 0.421 e. The number of anilines is 3. The van der Waals surface area contributed by atoms with Crippen LogP contribution in [-0.2, 0) is 18.8 Å². The summed E-state index contributed by atoms with van der Waals surface area (Å²) in [7, 11) is 3.22. The molecule has 1 aliphatic carbocycles. The van der Waals surface area contributed by atoms with E-state index in [2.05, 4.69) is 35.8 Å². The van der Waals surface area contributed by atoms with Gasteiger partial charge in [0.05, 0.1) is 11.4 Å². The summed E-state index contributed by atoms with van der Waals surface area (Å²) in [5, 5.41) is 14.2. The van der Waals surface area contributed by atoms with Crippen LogP contribution in [0.3, 0.4) is 0 Å². The van der Waals surface area contributed by atoms with Gasteiger partial charge in [-0.2, -0.15) is 28.4 Å². The van der Waals surface area contributed by atoms with Gasteiger partial charge in [-0.1, -0.05) is 0 Å². The minimum atomic E-state index is -4.54. The quantitative estimate of drug-likeness (QED) is 0.671. The van der Waals surface area contributed by atoms with Crippen LogP contribution in [0.1, 0.15) is 36.3 Å². The Morgan fingerprint density at radius 2 is 1.97 bits per heavy atom. The molecule has 0 amide bonds. The summed E-state index contributed by atoms with van der Waals surface area (Å²) in [5.74, 6) is 0.571. The molecular formula is C17H20F3N9. The molecule has 2 N–H and O–H groups in total. The van der Waals surface area contributed by atoms with Crippen molar-refractivity contribution in [3.63, 3.8) is 0 Å². The lowest BCUT2D eigenvalue weighted by Gasteiger charge is -2.40. The SMILES string of the molecule is CNc1nc(Nc2cn(C3(c4ncnn4C)CCC3)nc2C)ncc1C(F)(F)F. The number of nitrogens with one attached hydrogen (secondary N) is 2. The summed E-state index contributed by atoms with van der Waals surface area (Å²) >= 11 is 0. The highest BCUT2D eigenvalue weighted by Crippen LogP contribution is 2.44. The Morgan fingerprint density at radius 3 is 2.52 bits per heavy atom. The molecule has 3 aromatic rings. The third kappa shape index (κ3) is 3.17. The summed E-state index contributed by atoms with van der Waals surface area (Å²) in [6.45, 7) is 1.81. The first-order valence-corrected chi connectivity index (χ1v) is 9.05. The Balaban J connectivity index is 1.65. The maximum atomic E-state index is 13.0. The molecule has 0 saturated heterocycles. The molecule has 154 valence electrons. The highest BCUT2D eigenvalue weighted by atomic mass is 19.4. The molecular weight excluding hydrogens is 387 g/mol. The van der Waals surface area contributed by atoms with Gasteiger partial charge in [-0.15, -0.1) is 0 Å². The monoisotopic (exact) mass is 407 g/mol. The van der Waals surface area contributed by atoms with E-state index in [1.807, 2.05) is 24.9 Å². The number of alkyl halides is 3. The Morgan fingerprint density at radius 1 is 1.21 bits per heavy atom. The molecule has 0 radical (unpaired) electrons. The molecule has 0 unspecified atom stereocenters. The minimum absolute atomic E-state index is 0.0475. The molecule has 0 bridgehead atoms. The van der Waals surface area contributed by atoms with E-state index in [-0.39, 0.29) is 17.3 Å². The summed E-state index contributed by atoms with van der Waals surface area (Å²) in [6.07, 6.45) is 2.34. The Bertz CT molecular complexity index is 1030. The molecule has 1 saturated carbocycles. The Hall–Kier alpha value is -3.18. The van der Waals surface area contributed by atoms with Crippen molar-refractivity contribution in [3.05, 3.63) is 35.8 Å². The van der Waals surface area contributed by atoms with E-state index in [9.17, 15) is 13.2 Å². The lowest BCUT2D eigenvalue weighted by atomic mass is 9.76. The van der Waals surface area contributed by atoms with Crippen LogP contribution in [0, 0.1) is 6.92 Å². The Kier molecular flexibility index (Phi) is 4.43. The zero-order valence-corrected chi connectivity index (χ0v) is 16.1. The Labute approximate surface area is 164 Å². The molecule has 3 aromatic heterocycles. The molecule has 1 fully saturated rings. The van der Waals surface area contributed by atoms with Crippen LogP contribution in [0.2, 0.25) is 0 Å². The fraction of sp³-hybridized carbons (Fsp3) is 0.471. The minimum Gasteiger partial charge on any atom is -0.372 e. The van der Waals surface area contributed by atoms with Crippen molar-refractivity contribution < 1.29 is 13.2 Å². The molecule has 1 aliphatic rings. The number of hydrogen-bond donors (Lipinski definition) is 2. The highest BCUT2D eigenvalue weighted by molar-refractivity contribution is 5.58. The zero-order valence-electron chi connectivity index (χ0n) is 16.1. The molecule has 0 aromatic carbocycles. The fourth-order valence-corrected chi connectivity index (χ4v) is 3.55. The molecule has 9 nitrogen and oxygen atoms in total. The van der Waals surface area contributed by atoms with Crippen molar-refractivity contribution in [2.45, 2.75) is 37.9 Å². The van der Waals surface area contributed by atoms with Crippen LogP contribution in [0.5, 0.6) is 0 Å².